The van der Waals surface area contributed by atoms with Gasteiger partial charge in [-0.3, -0.25) is 0 Å². The summed E-state index contributed by atoms with van der Waals surface area (Å²) in [7, 11) is 0. The van der Waals surface area contributed by atoms with Crippen LogP contribution in [-0.4, -0.2) is 33.4 Å². The first kappa shape index (κ1) is 10.1. The van der Waals surface area contributed by atoms with Crippen molar-refractivity contribution in [1.29, 1.82) is 0 Å². The molecule has 1 heterocycles. The van der Waals surface area contributed by atoms with Gasteiger partial charge in [0, 0.05) is 19.8 Å². The van der Waals surface area contributed by atoms with Crippen LogP contribution in [0.1, 0.15) is 19.2 Å². The summed E-state index contributed by atoms with van der Waals surface area (Å²) in [5.41, 5.74) is 5.43. The van der Waals surface area contributed by atoms with Crippen molar-refractivity contribution < 1.29 is 4.74 Å². The van der Waals surface area contributed by atoms with Gasteiger partial charge in [-0.15, -0.1) is 5.10 Å². The molecule has 0 spiro atoms. The van der Waals surface area contributed by atoms with Gasteiger partial charge in [-0.1, -0.05) is 0 Å². The molecule has 0 aromatic carbocycles. The lowest BCUT2D eigenvalue weighted by molar-refractivity contribution is 0.140. The van der Waals surface area contributed by atoms with E-state index in [0.29, 0.717) is 6.54 Å². The van der Waals surface area contributed by atoms with Gasteiger partial charge in [-0.25, -0.2) is 4.68 Å². The molecule has 2 N–H and O–H groups in total. The molecule has 1 aromatic rings. The molecule has 0 unspecified atom stereocenters. The van der Waals surface area contributed by atoms with Gasteiger partial charge in [-0.05, 0) is 23.8 Å². The van der Waals surface area contributed by atoms with Gasteiger partial charge in [0.1, 0.15) is 0 Å². The molecule has 0 aliphatic heterocycles. The Labute approximate surface area is 77.1 Å². The maximum absolute atomic E-state index is 5.43. The van der Waals surface area contributed by atoms with Crippen LogP contribution in [0, 0.1) is 0 Å². The Kier molecular flexibility index (Phi) is 4.34. The van der Waals surface area contributed by atoms with Crippen LogP contribution in [0.3, 0.4) is 0 Å². The van der Waals surface area contributed by atoms with Crippen LogP contribution in [-0.2, 0) is 17.8 Å². The van der Waals surface area contributed by atoms with E-state index in [9.17, 15) is 0 Å². The van der Waals surface area contributed by atoms with Crippen molar-refractivity contribution in [1.82, 2.24) is 20.2 Å². The summed E-state index contributed by atoms with van der Waals surface area (Å²) < 4.78 is 6.90. The maximum Gasteiger partial charge on any atom is 0.164 e. The number of hydrogen-bond acceptors (Lipinski definition) is 5. The molecular formula is C7H15N5O. The average Bonchev–Trinajstić information content (AvgIpc) is 2.60. The van der Waals surface area contributed by atoms with Crippen molar-refractivity contribution in [3.63, 3.8) is 0 Å². The monoisotopic (exact) mass is 185 g/mol. The third-order valence-corrected chi connectivity index (χ3v) is 1.65. The van der Waals surface area contributed by atoms with Gasteiger partial charge in [0.05, 0.1) is 6.54 Å². The SMILES string of the molecule is CCOCCCn1nnnc1CN. The third kappa shape index (κ3) is 3.08. The van der Waals surface area contributed by atoms with Gasteiger partial charge in [0.25, 0.3) is 0 Å². The van der Waals surface area contributed by atoms with Crippen molar-refractivity contribution in [3.8, 4) is 0 Å². The molecule has 6 heteroatoms. The number of tetrazole rings is 1. The minimum Gasteiger partial charge on any atom is -0.382 e. The zero-order valence-electron chi connectivity index (χ0n) is 7.81. The Bertz CT molecular complexity index is 237. The Hall–Kier alpha value is -1.01. The van der Waals surface area contributed by atoms with E-state index >= 15 is 0 Å². The van der Waals surface area contributed by atoms with Gasteiger partial charge in [-0.2, -0.15) is 0 Å². The second-order valence-corrected chi connectivity index (χ2v) is 2.57. The molecule has 6 nitrogen and oxygen atoms in total. The van der Waals surface area contributed by atoms with Crippen molar-refractivity contribution in [2.24, 2.45) is 5.73 Å². The smallest absolute Gasteiger partial charge is 0.164 e. The molecule has 1 aromatic heterocycles. The van der Waals surface area contributed by atoms with Crippen LogP contribution in [0.5, 0.6) is 0 Å². The highest BCUT2D eigenvalue weighted by molar-refractivity contribution is 4.77. The third-order valence-electron chi connectivity index (χ3n) is 1.65. The van der Waals surface area contributed by atoms with E-state index in [1.54, 1.807) is 4.68 Å². The lowest BCUT2D eigenvalue weighted by Crippen LogP contribution is -2.11. The average molecular weight is 185 g/mol. The second kappa shape index (κ2) is 5.60. The fourth-order valence-corrected chi connectivity index (χ4v) is 1.00. The van der Waals surface area contributed by atoms with E-state index in [1.807, 2.05) is 6.92 Å². The number of rotatable bonds is 6. The maximum atomic E-state index is 5.43. The molecule has 0 aliphatic carbocycles. The van der Waals surface area contributed by atoms with Crippen molar-refractivity contribution in [2.45, 2.75) is 26.4 Å². The molecule has 0 saturated heterocycles. The fourth-order valence-electron chi connectivity index (χ4n) is 1.00. The summed E-state index contributed by atoms with van der Waals surface area (Å²) in [6.45, 7) is 4.60. The molecule has 0 aliphatic rings. The standard InChI is InChI=1S/C7H15N5O/c1-2-13-5-3-4-12-7(6-8)9-10-11-12/h2-6,8H2,1H3. The van der Waals surface area contributed by atoms with E-state index < -0.39 is 0 Å². The first-order valence-corrected chi connectivity index (χ1v) is 4.41. The number of nitrogens with two attached hydrogens (primary N) is 1. The van der Waals surface area contributed by atoms with E-state index in [1.165, 1.54) is 0 Å². The van der Waals surface area contributed by atoms with Gasteiger partial charge in [0.15, 0.2) is 5.82 Å². The van der Waals surface area contributed by atoms with Gasteiger partial charge in [0.2, 0.25) is 0 Å². The zero-order valence-corrected chi connectivity index (χ0v) is 7.81. The number of hydrogen-bond donors (Lipinski definition) is 1. The van der Waals surface area contributed by atoms with E-state index in [-0.39, 0.29) is 0 Å². The van der Waals surface area contributed by atoms with Crippen LogP contribution in [0.15, 0.2) is 0 Å². The molecule has 13 heavy (non-hydrogen) atoms. The van der Waals surface area contributed by atoms with E-state index in [2.05, 4.69) is 15.5 Å². The van der Waals surface area contributed by atoms with E-state index in [0.717, 1.165) is 32.0 Å². The molecule has 0 saturated carbocycles. The quantitative estimate of drug-likeness (QED) is 0.608. The predicted molar refractivity (Wildman–Crippen MR) is 46.8 cm³/mol. The first-order chi connectivity index (χ1) is 6.38. The minimum atomic E-state index is 0.377. The summed E-state index contributed by atoms with van der Waals surface area (Å²) in [6, 6.07) is 0. The number of ether oxygens (including phenoxy) is 1. The lowest BCUT2D eigenvalue weighted by Gasteiger charge is -2.02. The molecule has 0 bridgehead atoms. The molecule has 0 atom stereocenters. The van der Waals surface area contributed by atoms with Crippen LogP contribution in [0.25, 0.3) is 0 Å². The predicted octanol–water partition coefficient (Wildman–Crippen LogP) is -0.442. The van der Waals surface area contributed by atoms with Crippen molar-refractivity contribution in [2.75, 3.05) is 13.2 Å². The molecule has 74 valence electrons. The summed E-state index contributed by atoms with van der Waals surface area (Å²) >= 11 is 0. The molecule has 0 fully saturated rings. The number of nitrogens with zero attached hydrogens (tertiary/aromatic N) is 4. The van der Waals surface area contributed by atoms with Gasteiger partial charge >= 0.3 is 0 Å². The Morgan fingerprint density at radius 2 is 2.38 bits per heavy atom. The fraction of sp³-hybridized carbons (Fsp3) is 0.857. The Morgan fingerprint density at radius 3 is 3.08 bits per heavy atom. The van der Waals surface area contributed by atoms with Gasteiger partial charge < -0.3 is 10.5 Å². The zero-order chi connectivity index (χ0) is 9.52. The second-order valence-electron chi connectivity index (χ2n) is 2.57. The summed E-state index contributed by atoms with van der Waals surface area (Å²) in [5, 5.41) is 11.1. The lowest BCUT2D eigenvalue weighted by atomic mass is 10.4. The molecule has 0 amide bonds. The highest BCUT2D eigenvalue weighted by Crippen LogP contribution is 1.93. The largest absolute Gasteiger partial charge is 0.382 e. The van der Waals surface area contributed by atoms with Crippen LogP contribution >= 0.6 is 0 Å². The molecular weight excluding hydrogens is 170 g/mol. The highest BCUT2D eigenvalue weighted by atomic mass is 16.5. The topological polar surface area (TPSA) is 78.8 Å². The van der Waals surface area contributed by atoms with Crippen LogP contribution < -0.4 is 5.73 Å². The molecule has 1 rings (SSSR count). The highest BCUT2D eigenvalue weighted by Gasteiger charge is 2.01. The molecule has 0 radical (unpaired) electrons. The Balaban J connectivity index is 2.27. The Morgan fingerprint density at radius 1 is 1.54 bits per heavy atom. The summed E-state index contributed by atoms with van der Waals surface area (Å²) in [6.07, 6.45) is 0.909. The van der Waals surface area contributed by atoms with Crippen LogP contribution in [0.4, 0.5) is 0 Å². The number of aryl methyl sites for hydroxylation is 1. The number of aromatic nitrogens is 4. The summed E-state index contributed by atoms with van der Waals surface area (Å²) in [4.78, 5) is 0. The van der Waals surface area contributed by atoms with Crippen LogP contribution in [0.2, 0.25) is 0 Å². The van der Waals surface area contributed by atoms with Crippen molar-refractivity contribution >= 4 is 0 Å². The minimum absolute atomic E-state index is 0.377. The van der Waals surface area contributed by atoms with E-state index in [4.69, 9.17) is 10.5 Å². The first-order valence-electron chi connectivity index (χ1n) is 4.41. The van der Waals surface area contributed by atoms with Crippen molar-refractivity contribution in [3.05, 3.63) is 5.82 Å². The normalized spacial score (nSPS) is 10.6. The summed E-state index contributed by atoms with van der Waals surface area (Å²) in [5.74, 6) is 0.719.